The summed E-state index contributed by atoms with van der Waals surface area (Å²) in [5.41, 5.74) is 3.08. The highest BCUT2D eigenvalue weighted by Gasteiger charge is 2.42. The summed E-state index contributed by atoms with van der Waals surface area (Å²) in [6, 6.07) is 6.27. The summed E-state index contributed by atoms with van der Waals surface area (Å²) in [7, 11) is 0. The molecule has 0 fully saturated rings. The fourth-order valence-corrected chi connectivity index (χ4v) is 3.44. The van der Waals surface area contributed by atoms with E-state index in [-0.39, 0.29) is 0 Å². The molecule has 1 unspecified atom stereocenters. The van der Waals surface area contributed by atoms with Crippen molar-refractivity contribution in [2.24, 2.45) is 0 Å². The SMILES string of the molecule is CCCn1ncc(Cl)c1C1(O)CCc2ccc(C)cc21. The number of rotatable bonds is 3. The minimum Gasteiger partial charge on any atom is -0.379 e. The molecule has 1 aromatic carbocycles. The van der Waals surface area contributed by atoms with Crippen LogP contribution in [0.5, 0.6) is 0 Å². The first-order valence-electron chi connectivity index (χ1n) is 7.10. The van der Waals surface area contributed by atoms with Crippen LogP contribution in [0.4, 0.5) is 0 Å². The Kier molecular flexibility index (Phi) is 3.35. The predicted octanol–water partition coefficient (Wildman–Crippen LogP) is 3.44. The molecule has 4 heteroatoms. The first kappa shape index (κ1) is 13.7. The van der Waals surface area contributed by atoms with E-state index in [1.54, 1.807) is 6.20 Å². The van der Waals surface area contributed by atoms with E-state index >= 15 is 0 Å². The molecule has 1 N–H and O–H groups in total. The Hall–Kier alpha value is -1.32. The molecule has 3 nitrogen and oxygen atoms in total. The van der Waals surface area contributed by atoms with Gasteiger partial charge in [0, 0.05) is 6.54 Å². The Morgan fingerprint density at radius 1 is 1.45 bits per heavy atom. The zero-order valence-electron chi connectivity index (χ0n) is 11.9. The lowest BCUT2D eigenvalue weighted by Gasteiger charge is -2.26. The summed E-state index contributed by atoms with van der Waals surface area (Å²) in [4.78, 5) is 0. The molecule has 0 saturated heterocycles. The van der Waals surface area contributed by atoms with Gasteiger partial charge in [-0.25, -0.2) is 0 Å². The zero-order chi connectivity index (χ0) is 14.3. The second-order valence-electron chi connectivity index (χ2n) is 5.59. The van der Waals surface area contributed by atoms with E-state index in [4.69, 9.17) is 11.6 Å². The van der Waals surface area contributed by atoms with Crippen LogP contribution in [-0.4, -0.2) is 14.9 Å². The normalized spacial score (nSPS) is 21.2. The van der Waals surface area contributed by atoms with Crippen LogP contribution in [-0.2, 0) is 18.6 Å². The van der Waals surface area contributed by atoms with Crippen molar-refractivity contribution >= 4 is 11.6 Å². The van der Waals surface area contributed by atoms with Gasteiger partial charge in [0.15, 0.2) is 0 Å². The van der Waals surface area contributed by atoms with Gasteiger partial charge < -0.3 is 5.11 Å². The third-order valence-electron chi connectivity index (χ3n) is 4.09. The van der Waals surface area contributed by atoms with Crippen molar-refractivity contribution in [1.82, 2.24) is 9.78 Å². The van der Waals surface area contributed by atoms with Crippen LogP contribution in [0.15, 0.2) is 24.4 Å². The molecule has 0 bridgehead atoms. The Labute approximate surface area is 124 Å². The van der Waals surface area contributed by atoms with Crippen molar-refractivity contribution < 1.29 is 5.11 Å². The van der Waals surface area contributed by atoms with Gasteiger partial charge in [-0.3, -0.25) is 4.68 Å². The quantitative estimate of drug-likeness (QED) is 0.940. The van der Waals surface area contributed by atoms with Gasteiger partial charge in [0.25, 0.3) is 0 Å². The summed E-state index contributed by atoms with van der Waals surface area (Å²) in [6.07, 6.45) is 4.14. The highest BCUT2D eigenvalue weighted by atomic mass is 35.5. The van der Waals surface area contributed by atoms with Crippen LogP contribution in [0, 0.1) is 6.92 Å². The molecule has 0 saturated carbocycles. The van der Waals surface area contributed by atoms with Gasteiger partial charge in [-0.1, -0.05) is 42.3 Å². The van der Waals surface area contributed by atoms with E-state index in [0.29, 0.717) is 11.4 Å². The minimum absolute atomic E-state index is 0.551. The van der Waals surface area contributed by atoms with Crippen molar-refractivity contribution in [2.45, 2.75) is 45.3 Å². The van der Waals surface area contributed by atoms with Crippen LogP contribution < -0.4 is 0 Å². The molecule has 0 radical (unpaired) electrons. The Morgan fingerprint density at radius 3 is 3.00 bits per heavy atom. The highest BCUT2D eigenvalue weighted by Crippen LogP contribution is 2.44. The number of halogens is 1. The average Bonchev–Trinajstić information content (AvgIpc) is 2.93. The number of aromatic nitrogens is 2. The van der Waals surface area contributed by atoms with E-state index < -0.39 is 5.60 Å². The molecule has 1 aliphatic rings. The summed E-state index contributed by atoms with van der Waals surface area (Å²) in [6.45, 7) is 4.91. The van der Waals surface area contributed by atoms with E-state index in [0.717, 1.165) is 36.2 Å². The molecule has 106 valence electrons. The molecular weight excluding hydrogens is 272 g/mol. The lowest BCUT2D eigenvalue weighted by atomic mass is 9.91. The van der Waals surface area contributed by atoms with Crippen LogP contribution in [0.1, 0.15) is 42.1 Å². The average molecular weight is 291 g/mol. The fourth-order valence-electron chi connectivity index (χ4n) is 3.14. The molecule has 1 heterocycles. The van der Waals surface area contributed by atoms with Gasteiger partial charge >= 0.3 is 0 Å². The number of aliphatic hydroxyl groups is 1. The van der Waals surface area contributed by atoms with Gasteiger partial charge in [-0.05, 0) is 37.3 Å². The second-order valence-corrected chi connectivity index (χ2v) is 5.99. The number of fused-ring (bicyclic) bond motifs is 1. The maximum atomic E-state index is 11.3. The van der Waals surface area contributed by atoms with Gasteiger partial charge in [0.2, 0.25) is 0 Å². The molecule has 0 amide bonds. The number of hydrogen-bond donors (Lipinski definition) is 1. The molecular formula is C16H19ClN2O. The zero-order valence-corrected chi connectivity index (χ0v) is 12.6. The van der Waals surface area contributed by atoms with E-state index in [1.807, 2.05) is 11.6 Å². The smallest absolute Gasteiger partial charge is 0.133 e. The molecule has 20 heavy (non-hydrogen) atoms. The van der Waals surface area contributed by atoms with E-state index in [2.05, 4.69) is 30.2 Å². The van der Waals surface area contributed by atoms with Crippen molar-refractivity contribution in [1.29, 1.82) is 0 Å². The van der Waals surface area contributed by atoms with Crippen molar-refractivity contribution in [3.8, 4) is 0 Å². The molecule has 1 aromatic heterocycles. The molecule has 0 aliphatic heterocycles. The van der Waals surface area contributed by atoms with Gasteiger partial charge in [-0.2, -0.15) is 5.10 Å². The van der Waals surface area contributed by atoms with Crippen molar-refractivity contribution in [3.05, 3.63) is 51.8 Å². The van der Waals surface area contributed by atoms with Gasteiger partial charge in [0.05, 0.1) is 16.9 Å². The van der Waals surface area contributed by atoms with Gasteiger partial charge in [-0.15, -0.1) is 0 Å². The monoisotopic (exact) mass is 290 g/mol. The predicted molar refractivity (Wildman–Crippen MR) is 80.0 cm³/mol. The second kappa shape index (κ2) is 4.90. The number of benzene rings is 1. The van der Waals surface area contributed by atoms with E-state index in [1.165, 1.54) is 5.56 Å². The number of hydrogen-bond acceptors (Lipinski definition) is 2. The molecule has 0 spiro atoms. The van der Waals surface area contributed by atoms with Crippen molar-refractivity contribution in [2.75, 3.05) is 0 Å². The summed E-state index contributed by atoms with van der Waals surface area (Å²) in [5.74, 6) is 0. The number of nitrogens with zero attached hydrogens (tertiary/aromatic N) is 2. The Balaban J connectivity index is 2.16. The summed E-state index contributed by atoms with van der Waals surface area (Å²) in [5, 5.41) is 16.1. The maximum absolute atomic E-state index is 11.3. The summed E-state index contributed by atoms with van der Waals surface area (Å²) < 4.78 is 1.85. The van der Waals surface area contributed by atoms with Crippen LogP contribution in [0.3, 0.4) is 0 Å². The molecule has 3 rings (SSSR count). The first-order chi connectivity index (χ1) is 9.56. The van der Waals surface area contributed by atoms with Crippen LogP contribution in [0.2, 0.25) is 5.02 Å². The minimum atomic E-state index is -1.01. The molecule has 1 atom stereocenters. The first-order valence-corrected chi connectivity index (χ1v) is 7.48. The third kappa shape index (κ3) is 1.97. The lowest BCUT2D eigenvalue weighted by molar-refractivity contribution is 0.0727. The van der Waals surface area contributed by atoms with Crippen LogP contribution >= 0.6 is 11.6 Å². The standard InChI is InChI=1S/C16H19ClN2O/c1-3-8-19-15(14(17)10-18-19)16(20)7-6-12-5-4-11(2)9-13(12)16/h4-5,9-10,20H,3,6-8H2,1-2H3. The topological polar surface area (TPSA) is 38.0 Å². The fraction of sp³-hybridized carbons (Fsp3) is 0.438. The van der Waals surface area contributed by atoms with Gasteiger partial charge in [0.1, 0.15) is 5.60 Å². The van der Waals surface area contributed by atoms with E-state index in [9.17, 15) is 5.11 Å². The molecule has 2 aromatic rings. The maximum Gasteiger partial charge on any atom is 0.133 e. The largest absolute Gasteiger partial charge is 0.379 e. The lowest BCUT2D eigenvalue weighted by Crippen LogP contribution is -2.28. The van der Waals surface area contributed by atoms with Crippen molar-refractivity contribution in [3.63, 3.8) is 0 Å². The summed E-state index contributed by atoms with van der Waals surface area (Å²) >= 11 is 6.31. The molecule has 1 aliphatic carbocycles. The number of aryl methyl sites for hydroxylation is 3. The highest BCUT2D eigenvalue weighted by molar-refractivity contribution is 6.31. The Morgan fingerprint density at radius 2 is 2.25 bits per heavy atom. The third-order valence-corrected chi connectivity index (χ3v) is 4.37. The van der Waals surface area contributed by atoms with Crippen LogP contribution in [0.25, 0.3) is 0 Å². The Bertz CT molecular complexity index is 650.